The van der Waals surface area contributed by atoms with E-state index in [4.69, 9.17) is 0 Å². The Labute approximate surface area is 98.1 Å². The summed E-state index contributed by atoms with van der Waals surface area (Å²) < 4.78 is 2.04. The van der Waals surface area contributed by atoms with Crippen LogP contribution in [0.4, 0.5) is 0 Å². The zero-order chi connectivity index (χ0) is 10.7. The summed E-state index contributed by atoms with van der Waals surface area (Å²) in [4.78, 5) is 0. The Morgan fingerprint density at radius 3 is 2.67 bits per heavy atom. The Hall–Kier alpha value is -1.09. The van der Waals surface area contributed by atoms with Crippen molar-refractivity contribution in [2.24, 2.45) is 0 Å². The zero-order valence-electron chi connectivity index (χ0n) is 8.65. The molecule has 0 fully saturated rings. The number of hydrogen-bond acceptors (Lipinski definition) is 1. The third kappa shape index (κ3) is 2.48. The van der Waals surface area contributed by atoms with Crippen LogP contribution in [-0.4, -0.2) is 9.78 Å². The number of hydrogen-bond donors (Lipinski definition) is 0. The van der Waals surface area contributed by atoms with Crippen molar-refractivity contribution in [3.05, 3.63) is 53.3 Å². The van der Waals surface area contributed by atoms with Gasteiger partial charge in [0.15, 0.2) is 0 Å². The summed E-state index contributed by atoms with van der Waals surface area (Å²) in [7, 11) is 0. The highest BCUT2D eigenvalue weighted by molar-refractivity contribution is 9.08. The molecule has 78 valence electrons. The van der Waals surface area contributed by atoms with Crippen LogP contribution in [0.1, 0.15) is 17.0 Å². The van der Waals surface area contributed by atoms with Crippen LogP contribution in [0.5, 0.6) is 0 Å². The van der Waals surface area contributed by atoms with Crippen molar-refractivity contribution in [1.82, 2.24) is 9.78 Å². The van der Waals surface area contributed by atoms with Crippen LogP contribution < -0.4 is 0 Å². The van der Waals surface area contributed by atoms with Gasteiger partial charge in [-0.15, -0.1) is 0 Å². The maximum Gasteiger partial charge on any atom is 0.0663 e. The van der Waals surface area contributed by atoms with Gasteiger partial charge in [-0.2, -0.15) is 5.10 Å². The van der Waals surface area contributed by atoms with Crippen molar-refractivity contribution >= 4 is 15.9 Å². The van der Waals surface area contributed by atoms with E-state index >= 15 is 0 Å². The number of aryl methyl sites for hydroxylation is 1. The smallest absolute Gasteiger partial charge is 0.0663 e. The molecule has 0 atom stereocenters. The molecule has 0 aliphatic heterocycles. The van der Waals surface area contributed by atoms with E-state index in [0.717, 1.165) is 17.6 Å². The molecule has 2 nitrogen and oxygen atoms in total. The predicted octanol–water partition coefficient (Wildman–Crippen LogP) is 3.13. The molecular formula is C12H13BrN2. The van der Waals surface area contributed by atoms with Crippen molar-refractivity contribution in [3.8, 4) is 0 Å². The first-order valence-corrected chi connectivity index (χ1v) is 6.05. The largest absolute Gasteiger partial charge is 0.264 e. The Morgan fingerprint density at radius 2 is 2.00 bits per heavy atom. The first kappa shape index (κ1) is 10.4. The summed E-state index contributed by atoms with van der Waals surface area (Å²) in [5, 5.41) is 5.31. The van der Waals surface area contributed by atoms with E-state index in [1.807, 2.05) is 17.7 Å². The minimum Gasteiger partial charge on any atom is -0.264 e. The van der Waals surface area contributed by atoms with Crippen LogP contribution >= 0.6 is 15.9 Å². The molecule has 0 radical (unpaired) electrons. The molecular weight excluding hydrogens is 252 g/mol. The molecule has 3 heteroatoms. The SMILES string of the molecule is Cc1cc(CBr)n(Cc2ccccc2)n1. The van der Waals surface area contributed by atoms with Gasteiger partial charge in [-0.3, -0.25) is 4.68 Å². The quantitative estimate of drug-likeness (QED) is 0.779. The lowest BCUT2D eigenvalue weighted by molar-refractivity contribution is 0.657. The van der Waals surface area contributed by atoms with Gasteiger partial charge < -0.3 is 0 Å². The monoisotopic (exact) mass is 264 g/mol. The summed E-state index contributed by atoms with van der Waals surface area (Å²) in [6, 6.07) is 12.5. The highest BCUT2D eigenvalue weighted by Gasteiger charge is 2.03. The van der Waals surface area contributed by atoms with E-state index in [0.29, 0.717) is 0 Å². The maximum atomic E-state index is 4.46. The van der Waals surface area contributed by atoms with Crippen LogP contribution in [0.2, 0.25) is 0 Å². The van der Waals surface area contributed by atoms with E-state index in [1.165, 1.54) is 11.3 Å². The molecule has 1 aromatic heterocycles. The normalized spacial score (nSPS) is 10.5. The second kappa shape index (κ2) is 4.62. The average molecular weight is 265 g/mol. The summed E-state index contributed by atoms with van der Waals surface area (Å²) >= 11 is 3.47. The lowest BCUT2D eigenvalue weighted by Gasteiger charge is -2.04. The highest BCUT2D eigenvalue weighted by atomic mass is 79.9. The number of rotatable bonds is 3. The van der Waals surface area contributed by atoms with Gasteiger partial charge in [0, 0.05) is 11.0 Å². The molecule has 1 heterocycles. The van der Waals surface area contributed by atoms with Crippen molar-refractivity contribution in [2.75, 3.05) is 0 Å². The van der Waals surface area contributed by atoms with Gasteiger partial charge in [-0.05, 0) is 18.6 Å². The Bertz CT molecular complexity index is 434. The van der Waals surface area contributed by atoms with Crippen molar-refractivity contribution in [1.29, 1.82) is 0 Å². The third-order valence-corrected chi connectivity index (χ3v) is 2.87. The fourth-order valence-corrected chi connectivity index (χ4v) is 2.05. The van der Waals surface area contributed by atoms with E-state index in [2.05, 4.69) is 51.4 Å². The second-order valence-electron chi connectivity index (χ2n) is 3.55. The Kier molecular flexibility index (Phi) is 3.21. The maximum absolute atomic E-state index is 4.46. The van der Waals surface area contributed by atoms with Crippen LogP contribution in [0.25, 0.3) is 0 Å². The van der Waals surface area contributed by atoms with Crippen molar-refractivity contribution < 1.29 is 0 Å². The first-order valence-electron chi connectivity index (χ1n) is 4.93. The Balaban J connectivity index is 2.24. The van der Waals surface area contributed by atoms with Gasteiger partial charge in [-0.25, -0.2) is 0 Å². The number of nitrogens with zero attached hydrogens (tertiary/aromatic N) is 2. The molecule has 0 saturated carbocycles. The first-order chi connectivity index (χ1) is 7.29. The number of benzene rings is 1. The van der Waals surface area contributed by atoms with Crippen molar-refractivity contribution in [3.63, 3.8) is 0 Å². The summed E-state index contributed by atoms with van der Waals surface area (Å²) in [6.45, 7) is 2.86. The van der Waals surface area contributed by atoms with E-state index < -0.39 is 0 Å². The summed E-state index contributed by atoms with van der Waals surface area (Å²) in [5.41, 5.74) is 3.57. The fourth-order valence-electron chi connectivity index (χ4n) is 1.60. The molecule has 2 rings (SSSR count). The standard InChI is InChI=1S/C12H13BrN2/c1-10-7-12(8-13)15(14-10)9-11-5-3-2-4-6-11/h2-7H,8-9H2,1H3. The minimum atomic E-state index is 0.843. The topological polar surface area (TPSA) is 17.8 Å². The third-order valence-electron chi connectivity index (χ3n) is 2.30. The van der Waals surface area contributed by atoms with Crippen LogP contribution in [0.15, 0.2) is 36.4 Å². The van der Waals surface area contributed by atoms with Gasteiger partial charge in [0.25, 0.3) is 0 Å². The average Bonchev–Trinajstić information content (AvgIpc) is 2.60. The molecule has 0 N–H and O–H groups in total. The van der Waals surface area contributed by atoms with E-state index in [9.17, 15) is 0 Å². The minimum absolute atomic E-state index is 0.843. The Morgan fingerprint density at radius 1 is 1.27 bits per heavy atom. The molecule has 0 amide bonds. The van der Waals surface area contributed by atoms with Gasteiger partial charge in [0.2, 0.25) is 0 Å². The summed E-state index contributed by atoms with van der Waals surface area (Å²) in [5.74, 6) is 0. The predicted molar refractivity (Wildman–Crippen MR) is 65.1 cm³/mol. The molecule has 2 aromatic rings. The molecule has 0 bridgehead atoms. The van der Waals surface area contributed by atoms with E-state index in [-0.39, 0.29) is 0 Å². The number of alkyl halides is 1. The highest BCUT2D eigenvalue weighted by Crippen LogP contribution is 2.10. The van der Waals surface area contributed by atoms with Crippen molar-refractivity contribution in [2.45, 2.75) is 18.8 Å². The molecule has 0 saturated heterocycles. The lowest BCUT2D eigenvalue weighted by atomic mass is 10.2. The summed E-state index contributed by atoms with van der Waals surface area (Å²) in [6.07, 6.45) is 0. The molecule has 0 aliphatic rings. The number of aromatic nitrogens is 2. The zero-order valence-corrected chi connectivity index (χ0v) is 10.2. The lowest BCUT2D eigenvalue weighted by Crippen LogP contribution is -2.04. The number of halogens is 1. The van der Waals surface area contributed by atoms with Gasteiger partial charge in [0.05, 0.1) is 12.2 Å². The van der Waals surface area contributed by atoms with Gasteiger partial charge in [-0.1, -0.05) is 46.3 Å². The molecule has 1 aromatic carbocycles. The molecule has 0 aliphatic carbocycles. The molecule has 0 spiro atoms. The molecule has 0 unspecified atom stereocenters. The molecule has 15 heavy (non-hydrogen) atoms. The van der Waals surface area contributed by atoms with Crippen LogP contribution in [0, 0.1) is 6.92 Å². The van der Waals surface area contributed by atoms with Gasteiger partial charge >= 0.3 is 0 Å². The fraction of sp³-hybridized carbons (Fsp3) is 0.250. The van der Waals surface area contributed by atoms with E-state index in [1.54, 1.807) is 0 Å². The van der Waals surface area contributed by atoms with Crippen LogP contribution in [0.3, 0.4) is 0 Å². The second-order valence-corrected chi connectivity index (χ2v) is 4.11. The van der Waals surface area contributed by atoms with Gasteiger partial charge in [0.1, 0.15) is 0 Å². The van der Waals surface area contributed by atoms with Crippen LogP contribution in [-0.2, 0) is 11.9 Å².